The number of anilines is 1. The monoisotopic (exact) mass is 327 g/mol. The molecule has 2 aromatic rings. The number of hydrogen-bond donors (Lipinski definition) is 0. The van der Waals surface area contributed by atoms with Gasteiger partial charge in [-0.05, 0) is 24.3 Å². The number of nitro groups is 1. The average Bonchev–Trinajstić information content (AvgIpc) is 2.63. The number of hydrogen-bond acceptors (Lipinski definition) is 5. The van der Waals surface area contributed by atoms with Gasteiger partial charge in [0.05, 0.1) is 4.92 Å². The minimum atomic E-state index is -0.367. The lowest BCUT2D eigenvalue weighted by molar-refractivity contribution is -0.384. The van der Waals surface area contributed by atoms with Gasteiger partial charge in [0.1, 0.15) is 12.4 Å². The fourth-order valence-electron chi connectivity index (χ4n) is 2.82. The molecule has 0 atom stereocenters. The van der Waals surface area contributed by atoms with E-state index in [0.717, 1.165) is 44.2 Å². The van der Waals surface area contributed by atoms with Gasteiger partial charge in [0, 0.05) is 50.5 Å². The zero-order valence-corrected chi connectivity index (χ0v) is 13.5. The van der Waals surface area contributed by atoms with Crippen LogP contribution in [0.1, 0.15) is 0 Å². The van der Waals surface area contributed by atoms with Crippen molar-refractivity contribution in [3.63, 3.8) is 0 Å². The predicted octanol–water partition coefficient (Wildman–Crippen LogP) is 2.80. The Bertz CT molecular complexity index is 653. The van der Waals surface area contributed by atoms with Crippen molar-refractivity contribution in [3.05, 3.63) is 64.7 Å². The summed E-state index contributed by atoms with van der Waals surface area (Å²) in [5.41, 5.74) is 1.18. The molecule has 0 saturated carbocycles. The van der Waals surface area contributed by atoms with E-state index in [1.54, 1.807) is 12.1 Å². The van der Waals surface area contributed by atoms with Crippen LogP contribution < -0.4 is 9.64 Å². The topological polar surface area (TPSA) is 58.9 Å². The zero-order chi connectivity index (χ0) is 16.8. The van der Waals surface area contributed by atoms with Crippen LogP contribution in [0.25, 0.3) is 0 Å². The average molecular weight is 327 g/mol. The largest absolute Gasteiger partial charge is 0.492 e. The van der Waals surface area contributed by atoms with Crippen LogP contribution in [-0.4, -0.2) is 49.2 Å². The number of benzene rings is 2. The number of nitrogens with zero attached hydrogens (tertiary/aromatic N) is 3. The third kappa shape index (κ3) is 4.23. The van der Waals surface area contributed by atoms with E-state index >= 15 is 0 Å². The smallest absolute Gasteiger partial charge is 0.269 e. The molecule has 24 heavy (non-hydrogen) atoms. The van der Waals surface area contributed by atoms with Crippen molar-refractivity contribution < 1.29 is 9.66 Å². The second-order valence-electron chi connectivity index (χ2n) is 5.76. The Kier molecular flexibility index (Phi) is 5.28. The maximum absolute atomic E-state index is 10.7. The third-order valence-electron chi connectivity index (χ3n) is 4.22. The first-order valence-electron chi connectivity index (χ1n) is 8.12. The van der Waals surface area contributed by atoms with E-state index in [9.17, 15) is 10.1 Å². The Balaban J connectivity index is 1.43. The lowest BCUT2D eigenvalue weighted by atomic mass is 10.2. The lowest BCUT2D eigenvalue weighted by Crippen LogP contribution is -2.47. The van der Waals surface area contributed by atoms with Gasteiger partial charge >= 0.3 is 0 Å². The lowest BCUT2D eigenvalue weighted by Gasteiger charge is -2.36. The van der Waals surface area contributed by atoms with E-state index in [-0.39, 0.29) is 10.6 Å². The summed E-state index contributed by atoms with van der Waals surface area (Å²) in [5, 5.41) is 10.7. The fourth-order valence-corrected chi connectivity index (χ4v) is 2.82. The standard InChI is InChI=1S/C18H21N3O3/c22-21(23)17-8-6-16(7-9-17)20-12-10-19(11-13-20)14-15-24-18-4-2-1-3-5-18/h1-9H,10-15H2. The molecule has 2 aromatic carbocycles. The summed E-state index contributed by atoms with van der Waals surface area (Å²) >= 11 is 0. The maximum Gasteiger partial charge on any atom is 0.269 e. The van der Waals surface area contributed by atoms with Crippen LogP contribution in [0.4, 0.5) is 11.4 Å². The van der Waals surface area contributed by atoms with Crippen LogP contribution in [0.15, 0.2) is 54.6 Å². The molecule has 1 saturated heterocycles. The first-order valence-corrected chi connectivity index (χ1v) is 8.12. The Morgan fingerprint density at radius 2 is 1.62 bits per heavy atom. The Hall–Kier alpha value is -2.60. The van der Waals surface area contributed by atoms with Gasteiger partial charge in [0.25, 0.3) is 5.69 Å². The molecule has 0 aromatic heterocycles. The van der Waals surface area contributed by atoms with E-state index in [4.69, 9.17) is 4.74 Å². The van der Waals surface area contributed by atoms with E-state index < -0.39 is 0 Å². The molecule has 126 valence electrons. The molecule has 6 nitrogen and oxygen atoms in total. The minimum Gasteiger partial charge on any atom is -0.492 e. The van der Waals surface area contributed by atoms with Crippen molar-refractivity contribution in [1.29, 1.82) is 0 Å². The maximum atomic E-state index is 10.7. The molecule has 1 aliphatic heterocycles. The van der Waals surface area contributed by atoms with Gasteiger partial charge in [-0.1, -0.05) is 18.2 Å². The molecule has 3 rings (SSSR count). The van der Waals surface area contributed by atoms with Gasteiger partial charge in [-0.2, -0.15) is 0 Å². The second-order valence-corrected chi connectivity index (χ2v) is 5.76. The molecule has 0 N–H and O–H groups in total. The molecule has 0 unspecified atom stereocenters. The molecular weight excluding hydrogens is 306 g/mol. The summed E-state index contributed by atoms with van der Waals surface area (Å²) < 4.78 is 5.74. The van der Waals surface area contributed by atoms with Crippen LogP contribution in [0.5, 0.6) is 5.75 Å². The van der Waals surface area contributed by atoms with Crippen LogP contribution in [0.2, 0.25) is 0 Å². The summed E-state index contributed by atoms with van der Waals surface area (Å²) in [6.45, 7) is 5.36. The molecule has 0 aliphatic carbocycles. The molecule has 6 heteroatoms. The Morgan fingerprint density at radius 3 is 2.25 bits per heavy atom. The van der Waals surface area contributed by atoms with Crippen molar-refractivity contribution in [3.8, 4) is 5.75 Å². The van der Waals surface area contributed by atoms with Crippen LogP contribution in [0.3, 0.4) is 0 Å². The zero-order valence-electron chi connectivity index (χ0n) is 13.5. The molecule has 0 bridgehead atoms. The highest BCUT2D eigenvalue weighted by Gasteiger charge is 2.17. The second kappa shape index (κ2) is 7.79. The summed E-state index contributed by atoms with van der Waals surface area (Å²) in [7, 11) is 0. The van der Waals surface area contributed by atoms with Crippen molar-refractivity contribution in [1.82, 2.24) is 4.90 Å². The number of piperazine rings is 1. The van der Waals surface area contributed by atoms with E-state index in [1.165, 1.54) is 0 Å². The van der Waals surface area contributed by atoms with Gasteiger partial charge in [-0.3, -0.25) is 15.0 Å². The normalized spacial score (nSPS) is 15.2. The highest BCUT2D eigenvalue weighted by Crippen LogP contribution is 2.20. The molecule has 0 spiro atoms. The van der Waals surface area contributed by atoms with Crippen LogP contribution in [-0.2, 0) is 0 Å². The first kappa shape index (κ1) is 16.3. The summed E-state index contributed by atoms with van der Waals surface area (Å²) in [6.07, 6.45) is 0. The van der Waals surface area contributed by atoms with Gasteiger partial charge in [-0.25, -0.2) is 0 Å². The quantitative estimate of drug-likeness (QED) is 0.603. The molecule has 1 aliphatic rings. The van der Waals surface area contributed by atoms with Crippen molar-refractivity contribution in [2.45, 2.75) is 0 Å². The fraction of sp³-hybridized carbons (Fsp3) is 0.333. The summed E-state index contributed by atoms with van der Waals surface area (Å²) in [5.74, 6) is 0.905. The highest BCUT2D eigenvalue weighted by molar-refractivity contribution is 5.51. The van der Waals surface area contributed by atoms with Crippen LogP contribution in [0, 0.1) is 10.1 Å². The third-order valence-corrected chi connectivity index (χ3v) is 4.22. The number of para-hydroxylation sites is 1. The Morgan fingerprint density at radius 1 is 0.958 bits per heavy atom. The molecule has 1 fully saturated rings. The summed E-state index contributed by atoms with van der Waals surface area (Å²) in [4.78, 5) is 15.0. The van der Waals surface area contributed by atoms with Gasteiger partial charge < -0.3 is 9.64 Å². The van der Waals surface area contributed by atoms with E-state index in [0.29, 0.717) is 6.61 Å². The predicted molar refractivity (Wildman–Crippen MR) is 93.7 cm³/mol. The number of non-ortho nitro benzene ring substituents is 1. The summed E-state index contributed by atoms with van der Waals surface area (Å²) in [6, 6.07) is 16.6. The minimum absolute atomic E-state index is 0.135. The first-order chi connectivity index (χ1) is 11.7. The SMILES string of the molecule is O=[N+]([O-])c1ccc(N2CCN(CCOc3ccccc3)CC2)cc1. The molecule has 0 amide bonds. The van der Waals surface area contributed by atoms with Crippen LogP contribution >= 0.6 is 0 Å². The van der Waals surface area contributed by atoms with E-state index in [1.807, 2.05) is 42.5 Å². The van der Waals surface area contributed by atoms with Crippen molar-refractivity contribution in [2.24, 2.45) is 0 Å². The van der Waals surface area contributed by atoms with Gasteiger partial charge in [-0.15, -0.1) is 0 Å². The van der Waals surface area contributed by atoms with Crippen molar-refractivity contribution >= 4 is 11.4 Å². The molecular formula is C18H21N3O3. The van der Waals surface area contributed by atoms with E-state index in [2.05, 4.69) is 9.80 Å². The van der Waals surface area contributed by atoms with Gasteiger partial charge in [0.2, 0.25) is 0 Å². The van der Waals surface area contributed by atoms with Crippen molar-refractivity contribution in [2.75, 3.05) is 44.2 Å². The number of ether oxygens (including phenoxy) is 1. The molecule has 1 heterocycles. The Labute approximate surface area is 141 Å². The number of rotatable bonds is 6. The van der Waals surface area contributed by atoms with Gasteiger partial charge in [0.15, 0.2) is 0 Å². The molecule has 0 radical (unpaired) electrons. The highest BCUT2D eigenvalue weighted by atomic mass is 16.6. The number of nitro benzene ring substituents is 1.